The zero-order valence-electron chi connectivity index (χ0n) is 10.3. The van der Waals surface area contributed by atoms with Crippen molar-refractivity contribution in [2.24, 2.45) is 0 Å². The van der Waals surface area contributed by atoms with E-state index in [2.05, 4.69) is 0 Å². The van der Waals surface area contributed by atoms with E-state index in [0.717, 1.165) is 12.1 Å². The number of phenolic OH excluding ortho intramolecular Hbond substituents is 1. The maximum absolute atomic E-state index is 13.9. The highest BCUT2D eigenvalue weighted by atomic mass is 35.5. The molecule has 0 fully saturated rings. The smallest absolute Gasteiger partial charge is 0.339 e. The Hall–Kier alpha value is -2.01. The molecule has 0 radical (unpaired) electrons. The Labute approximate surface area is 119 Å². The van der Waals surface area contributed by atoms with Crippen LogP contribution in [-0.2, 0) is 6.42 Å². The predicted molar refractivity (Wildman–Crippen MR) is 72.2 cm³/mol. The van der Waals surface area contributed by atoms with Gasteiger partial charge in [-0.2, -0.15) is 0 Å². The lowest BCUT2D eigenvalue weighted by Gasteiger charge is -2.19. The molecule has 2 unspecified atom stereocenters. The number of alkyl halides is 2. The molecule has 6 heteroatoms. The van der Waals surface area contributed by atoms with Crippen LogP contribution in [0.1, 0.15) is 15.9 Å². The Balaban J connectivity index is 2.34. The quantitative estimate of drug-likeness (QED) is 0.750. The van der Waals surface area contributed by atoms with Gasteiger partial charge in [0.25, 0.3) is 0 Å². The molecule has 0 aromatic heterocycles. The highest BCUT2D eigenvalue weighted by Crippen LogP contribution is 2.32. The predicted octanol–water partition coefficient (Wildman–Crippen LogP) is 2.78. The first kappa shape index (κ1) is 14.4. The number of hydrogen-bond donors (Lipinski definition) is 3. The van der Waals surface area contributed by atoms with E-state index in [0.29, 0.717) is 5.57 Å². The van der Waals surface area contributed by atoms with Gasteiger partial charge in [-0.15, -0.1) is 11.6 Å². The lowest BCUT2D eigenvalue weighted by Crippen LogP contribution is -2.20. The Bertz CT molecular complexity index is 609. The van der Waals surface area contributed by atoms with Crippen molar-refractivity contribution in [2.75, 3.05) is 0 Å². The van der Waals surface area contributed by atoms with Crippen molar-refractivity contribution in [3.8, 4) is 11.5 Å². The second-order valence-electron chi connectivity index (χ2n) is 4.45. The third-order valence-corrected chi connectivity index (χ3v) is 3.43. The lowest BCUT2D eigenvalue weighted by molar-refractivity contribution is 0.0693. The van der Waals surface area contributed by atoms with E-state index >= 15 is 0 Å². The molecule has 0 amide bonds. The summed E-state index contributed by atoms with van der Waals surface area (Å²) < 4.78 is 13.9. The molecule has 0 aliphatic heterocycles. The molecule has 2 atom stereocenters. The van der Waals surface area contributed by atoms with Gasteiger partial charge < -0.3 is 15.3 Å². The number of aromatic hydroxyl groups is 2. The summed E-state index contributed by atoms with van der Waals surface area (Å²) in [5, 5.41) is 27.3. The minimum atomic E-state index is -1.40. The monoisotopic (exact) mass is 298 g/mol. The van der Waals surface area contributed by atoms with Gasteiger partial charge in [-0.1, -0.05) is 18.2 Å². The normalized spacial score (nSPS) is 21.6. The Morgan fingerprint density at radius 2 is 2.00 bits per heavy atom. The van der Waals surface area contributed by atoms with E-state index in [9.17, 15) is 19.4 Å². The number of benzene rings is 1. The van der Waals surface area contributed by atoms with E-state index < -0.39 is 23.3 Å². The summed E-state index contributed by atoms with van der Waals surface area (Å²) in [7, 11) is 0. The molecule has 0 bridgehead atoms. The number of carbonyl (C=O) groups is 1. The van der Waals surface area contributed by atoms with Crippen LogP contribution in [-0.4, -0.2) is 32.8 Å². The molecule has 1 aromatic carbocycles. The number of carboxylic acid groups (broad SMARTS) is 1. The molecule has 1 aliphatic rings. The molecule has 4 nitrogen and oxygen atoms in total. The number of allylic oxidation sites excluding steroid dienone is 4. The number of rotatable bonds is 3. The van der Waals surface area contributed by atoms with Crippen LogP contribution in [0.3, 0.4) is 0 Å². The van der Waals surface area contributed by atoms with Crippen molar-refractivity contribution >= 4 is 17.6 Å². The first-order valence-corrected chi connectivity index (χ1v) is 6.27. The minimum Gasteiger partial charge on any atom is -0.508 e. The summed E-state index contributed by atoms with van der Waals surface area (Å²) >= 11 is 5.78. The van der Waals surface area contributed by atoms with Crippen LogP contribution in [0.25, 0.3) is 0 Å². The average Bonchev–Trinajstić information content (AvgIpc) is 2.37. The fourth-order valence-corrected chi connectivity index (χ4v) is 2.24. The van der Waals surface area contributed by atoms with Crippen LogP contribution < -0.4 is 0 Å². The summed E-state index contributed by atoms with van der Waals surface area (Å²) in [6.07, 6.45) is 3.27. The molecule has 1 aliphatic carbocycles. The van der Waals surface area contributed by atoms with Gasteiger partial charge in [-0.25, -0.2) is 9.18 Å². The SMILES string of the molecule is O=C(O)c1cc(CC2=CC=CC(Cl)C2F)c(O)cc1O. The molecule has 0 saturated heterocycles. The topological polar surface area (TPSA) is 77.8 Å². The van der Waals surface area contributed by atoms with Crippen molar-refractivity contribution in [1.82, 2.24) is 0 Å². The van der Waals surface area contributed by atoms with Crippen LogP contribution in [0.4, 0.5) is 4.39 Å². The molecule has 3 N–H and O–H groups in total. The average molecular weight is 299 g/mol. The number of carboxylic acids is 1. The highest BCUT2D eigenvalue weighted by Gasteiger charge is 2.24. The first-order chi connectivity index (χ1) is 9.40. The molecule has 1 aromatic rings. The van der Waals surface area contributed by atoms with Gasteiger partial charge in [0.2, 0.25) is 0 Å². The van der Waals surface area contributed by atoms with Gasteiger partial charge >= 0.3 is 5.97 Å². The largest absolute Gasteiger partial charge is 0.508 e. The van der Waals surface area contributed by atoms with Crippen LogP contribution in [0.2, 0.25) is 0 Å². The van der Waals surface area contributed by atoms with Gasteiger partial charge in [0.15, 0.2) is 0 Å². The van der Waals surface area contributed by atoms with Gasteiger partial charge in [0.1, 0.15) is 23.2 Å². The van der Waals surface area contributed by atoms with Crippen LogP contribution in [0.15, 0.2) is 35.9 Å². The Kier molecular flexibility index (Phi) is 3.99. The number of hydrogen-bond acceptors (Lipinski definition) is 3. The van der Waals surface area contributed by atoms with E-state index in [4.69, 9.17) is 16.7 Å². The van der Waals surface area contributed by atoms with E-state index in [1.165, 1.54) is 12.2 Å². The second-order valence-corrected chi connectivity index (χ2v) is 4.96. The fraction of sp³-hybridized carbons (Fsp3) is 0.214. The molecular weight excluding hydrogens is 287 g/mol. The van der Waals surface area contributed by atoms with Gasteiger partial charge in [0, 0.05) is 12.5 Å². The van der Waals surface area contributed by atoms with Gasteiger partial charge in [0.05, 0.1) is 5.38 Å². The van der Waals surface area contributed by atoms with Gasteiger partial charge in [-0.05, 0) is 17.2 Å². The summed E-state index contributed by atoms with van der Waals surface area (Å²) in [6.45, 7) is 0. The van der Waals surface area contributed by atoms with Crippen molar-refractivity contribution in [1.29, 1.82) is 0 Å². The Morgan fingerprint density at radius 1 is 1.30 bits per heavy atom. The minimum absolute atomic E-state index is 0.0150. The first-order valence-electron chi connectivity index (χ1n) is 5.83. The van der Waals surface area contributed by atoms with Gasteiger partial charge in [-0.3, -0.25) is 0 Å². The molecular formula is C14H12ClFO4. The molecule has 0 spiro atoms. The van der Waals surface area contributed by atoms with Crippen molar-refractivity contribution < 1.29 is 24.5 Å². The van der Waals surface area contributed by atoms with Crippen molar-refractivity contribution in [2.45, 2.75) is 18.0 Å². The maximum Gasteiger partial charge on any atom is 0.339 e. The highest BCUT2D eigenvalue weighted by molar-refractivity contribution is 6.22. The fourth-order valence-electron chi connectivity index (χ4n) is 1.99. The standard InChI is InChI=1S/C14H12ClFO4/c15-10-3-1-2-7(13(10)16)4-8-5-9(14(19)20)12(18)6-11(8)17/h1-3,5-6,10,13,17-18H,4H2,(H,19,20). The molecule has 106 valence electrons. The maximum atomic E-state index is 13.9. The van der Waals surface area contributed by atoms with Crippen molar-refractivity contribution in [3.05, 3.63) is 47.1 Å². The summed E-state index contributed by atoms with van der Waals surface area (Å²) in [4.78, 5) is 10.9. The molecule has 0 heterocycles. The van der Waals surface area contributed by atoms with E-state index in [-0.39, 0.29) is 23.3 Å². The van der Waals surface area contributed by atoms with Crippen LogP contribution in [0.5, 0.6) is 11.5 Å². The summed E-state index contributed by atoms with van der Waals surface area (Å²) in [5.41, 5.74) is 0.209. The second kappa shape index (κ2) is 5.54. The third-order valence-electron chi connectivity index (χ3n) is 3.06. The van der Waals surface area contributed by atoms with Crippen molar-refractivity contribution in [3.63, 3.8) is 0 Å². The number of halogens is 2. The Morgan fingerprint density at radius 3 is 2.65 bits per heavy atom. The lowest BCUT2D eigenvalue weighted by atomic mass is 9.94. The third kappa shape index (κ3) is 2.77. The number of phenols is 2. The van der Waals surface area contributed by atoms with E-state index in [1.54, 1.807) is 6.08 Å². The number of aromatic carboxylic acids is 1. The zero-order chi connectivity index (χ0) is 14.9. The van der Waals surface area contributed by atoms with Crippen LogP contribution in [0, 0.1) is 0 Å². The molecule has 2 rings (SSSR count). The summed E-state index contributed by atoms with van der Waals surface area (Å²) in [5.74, 6) is -2.15. The summed E-state index contributed by atoms with van der Waals surface area (Å²) in [6, 6.07) is 2.06. The van der Waals surface area contributed by atoms with Crippen LogP contribution >= 0.6 is 11.6 Å². The molecule has 20 heavy (non-hydrogen) atoms. The zero-order valence-corrected chi connectivity index (χ0v) is 11.0. The molecule has 0 saturated carbocycles. The van der Waals surface area contributed by atoms with E-state index in [1.807, 2.05) is 0 Å².